The summed E-state index contributed by atoms with van der Waals surface area (Å²) >= 11 is 5.65. The van der Waals surface area contributed by atoms with Crippen LogP contribution >= 0.6 is 11.6 Å². The van der Waals surface area contributed by atoms with Crippen LogP contribution in [0.2, 0.25) is 5.02 Å². The molecule has 1 fully saturated rings. The number of aryl methyl sites for hydroxylation is 1. The lowest BCUT2D eigenvalue weighted by Gasteiger charge is -2.19. The number of alkyl halides is 3. The van der Waals surface area contributed by atoms with Gasteiger partial charge in [-0.1, -0.05) is 11.6 Å². The van der Waals surface area contributed by atoms with Crippen molar-refractivity contribution in [2.75, 3.05) is 19.6 Å². The number of hydrogen-bond donors (Lipinski definition) is 1. The third-order valence-electron chi connectivity index (χ3n) is 3.01. The molecule has 0 bridgehead atoms. The number of hydrogen-bond acceptors (Lipinski definition) is 3. The summed E-state index contributed by atoms with van der Waals surface area (Å²) in [5, 5.41) is 5.07. The summed E-state index contributed by atoms with van der Waals surface area (Å²) in [6.45, 7) is 0.442. The standard InChI is InChI=1S/C11H12ClF3N4O2/c1-18-8(7(12)9(17-18)11(13,14)15)10(21)19-4-2-3-16-6(20)5-19/h2-5H2,1H3,(H,16,20). The van der Waals surface area contributed by atoms with E-state index in [2.05, 4.69) is 10.4 Å². The van der Waals surface area contributed by atoms with Crippen LogP contribution in [0.25, 0.3) is 0 Å². The molecule has 6 nitrogen and oxygen atoms in total. The van der Waals surface area contributed by atoms with E-state index < -0.39 is 22.8 Å². The minimum atomic E-state index is -4.75. The zero-order valence-corrected chi connectivity index (χ0v) is 11.8. The summed E-state index contributed by atoms with van der Waals surface area (Å²) in [5.74, 6) is -1.11. The van der Waals surface area contributed by atoms with Crippen LogP contribution in [-0.2, 0) is 18.0 Å². The highest BCUT2D eigenvalue weighted by Gasteiger charge is 2.40. The van der Waals surface area contributed by atoms with E-state index in [1.165, 1.54) is 7.05 Å². The van der Waals surface area contributed by atoms with Gasteiger partial charge in [-0.25, -0.2) is 0 Å². The third kappa shape index (κ3) is 3.12. The second-order valence-electron chi connectivity index (χ2n) is 4.56. The molecular weight excluding hydrogens is 313 g/mol. The minimum absolute atomic E-state index is 0.221. The molecule has 1 N–H and O–H groups in total. The lowest BCUT2D eigenvalue weighted by atomic mass is 10.3. The first kappa shape index (κ1) is 15.6. The maximum Gasteiger partial charge on any atom is 0.436 e. The summed E-state index contributed by atoms with van der Waals surface area (Å²) in [6, 6.07) is 0. The van der Waals surface area contributed by atoms with Crippen molar-refractivity contribution in [1.82, 2.24) is 20.0 Å². The van der Waals surface area contributed by atoms with Crippen LogP contribution in [0.15, 0.2) is 0 Å². The Hall–Kier alpha value is -1.77. The van der Waals surface area contributed by atoms with Gasteiger partial charge in [0, 0.05) is 20.1 Å². The molecule has 0 atom stereocenters. The molecule has 0 radical (unpaired) electrons. The summed E-state index contributed by atoms with van der Waals surface area (Å²) in [4.78, 5) is 24.9. The van der Waals surface area contributed by atoms with E-state index in [9.17, 15) is 22.8 Å². The zero-order chi connectivity index (χ0) is 15.8. The van der Waals surface area contributed by atoms with Gasteiger partial charge >= 0.3 is 6.18 Å². The lowest BCUT2D eigenvalue weighted by molar-refractivity contribution is -0.141. The van der Waals surface area contributed by atoms with Gasteiger partial charge in [-0.05, 0) is 6.42 Å². The van der Waals surface area contributed by atoms with Gasteiger partial charge in [0.25, 0.3) is 5.91 Å². The van der Waals surface area contributed by atoms with Gasteiger partial charge in [-0.2, -0.15) is 18.3 Å². The Morgan fingerprint density at radius 1 is 1.43 bits per heavy atom. The van der Waals surface area contributed by atoms with Crippen molar-refractivity contribution in [3.8, 4) is 0 Å². The molecular formula is C11H12ClF3N4O2. The zero-order valence-electron chi connectivity index (χ0n) is 11.0. The lowest BCUT2D eigenvalue weighted by Crippen LogP contribution is -2.38. The van der Waals surface area contributed by atoms with Crippen LogP contribution in [0.4, 0.5) is 13.2 Å². The van der Waals surface area contributed by atoms with Crippen molar-refractivity contribution < 1.29 is 22.8 Å². The Morgan fingerprint density at radius 3 is 2.67 bits per heavy atom. The first-order valence-electron chi connectivity index (χ1n) is 6.07. The fraction of sp³-hybridized carbons (Fsp3) is 0.545. The molecule has 0 saturated carbocycles. The van der Waals surface area contributed by atoms with Crippen LogP contribution in [0.3, 0.4) is 0 Å². The number of rotatable bonds is 1. The van der Waals surface area contributed by atoms with Crippen molar-refractivity contribution in [3.05, 3.63) is 16.4 Å². The van der Waals surface area contributed by atoms with Crippen molar-refractivity contribution >= 4 is 23.4 Å². The number of aromatic nitrogens is 2. The van der Waals surface area contributed by atoms with Gasteiger partial charge in [0.15, 0.2) is 5.69 Å². The molecule has 1 aliphatic heterocycles. The highest BCUT2D eigenvalue weighted by molar-refractivity contribution is 6.34. The molecule has 1 aliphatic rings. The number of halogens is 4. The predicted molar refractivity (Wildman–Crippen MR) is 66.8 cm³/mol. The van der Waals surface area contributed by atoms with Gasteiger partial charge in [0.05, 0.1) is 6.54 Å². The summed E-state index contributed by atoms with van der Waals surface area (Å²) in [7, 11) is 1.20. The van der Waals surface area contributed by atoms with Crippen LogP contribution in [0, 0.1) is 0 Å². The Bertz CT molecular complexity index is 585. The van der Waals surface area contributed by atoms with E-state index in [0.29, 0.717) is 13.0 Å². The molecule has 2 heterocycles. The number of nitrogens with zero attached hydrogens (tertiary/aromatic N) is 3. The molecule has 0 aliphatic carbocycles. The molecule has 2 rings (SSSR count). The van der Waals surface area contributed by atoms with Crippen molar-refractivity contribution in [3.63, 3.8) is 0 Å². The fourth-order valence-corrected chi connectivity index (χ4v) is 2.39. The van der Waals surface area contributed by atoms with Crippen LogP contribution in [0.1, 0.15) is 22.6 Å². The number of nitrogens with one attached hydrogen (secondary N) is 1. The Labute approximate surface area is 122 Å². The summed E-state index contributed by atoms with van der Waals surface area (Å²) in [6.07, 6.45) is -4.23. The van der Waals surface area contributed by atoms with Crippen molar-refractivity contribution in [2.45, 2.75) is 12.6 Å². The molecule has 21 heavy (non-hydrogen) atoms. The molecule has 0 unspecified atom stereocenters. The highest BCUT2D eigenvalue weighted by Crippen LogP contribution is 2.35. The van der Waals surface area contributed by atoms with Crippen LogP contribution in [0.5, 0.6) is 0 Å². The molecule has 0 aromatic carbocycles. The minimum Gasteiger partial charge on any atom is -0.354 e. The van der Waals surface area contributed by atoms with Crippen molar-refractivity contribution in [2.24, 2.45) is 7.05 Å². The molecule has 1 aromatic rings. The molecule has 2 amide bonds. The first-order valence-corrected chi connectivity index (χ1v) is 6.45. The van der Waals surface area contributed by atoms with Crippen molar-refractivity contribution in [1.29, 1.82) is 0 Å². The summed E-state index contributed by atoms with van der Waals surface area (Å²) < 4.78 is 39.0. The van der Waals surface area contributed by atoms with E-state index in [4.69, 9.17) is 11.6 Å². The average Bonchev–Trinajstić information content (AvgIpc) is 2.56. The van der Waals surface area contributed by atoms with E-state index in [0.717, 1.165) is 9.58 Å². The fourth-order valence-electron chi connectivity index (χ4n) is 2.04. The molecule has 10 heteroatoms. The van der Waals surface area contributed by atoms with E-state index >= 15 is 0 Å². The quantitative estimate of drug-likeness (QED) is 0.840. The molecule has 1 saturated heterocycles. The molecule has 1 aromatic heterocycles. The van der Waals surface area contributed by atoms with Gasteiger partial charge in [0.2, 0.25) is 5.91 Å². The van der Waals surface area contributed by atoms with Gasteiger partial charge < -0.3 is 10.2 Å². The van der Waals surface area contributed by atoms with Crippen LogP contribution < -0.4 is 5.32 Å². The number of carbonyl (C=O) groups is 2. The Balaban J connectivity index is 2.35. The van der Waals surface area contributed by atoms with Crippen LogP contribution in [-0.4, -0.2) is 46.1 Å². The third-order valence-corrected chi connectivity index (χ3v) is 3.37. The smallest absolute Gasteiger partial charge is 0.354 e. The average molecular weight is 325 g/mol. The van der Waals surface area contributed by atoms with E-state index in [1.807, 2.05) is 0 Å². The summed E-state index contributed by atoms with van der Waals surface area (Å²) in [5.41, 5.74) is -1.69. The second kappa shape index (κ2) is 5.55. The normalized spacial score (nSPS) is 16.6. The maximum atomic E-state index is 12.7. The van der Waals surface area contributed by atoms with Gasteiger partial charge in [-0.3, -0.25) is 14.3 Å². The molecule has 0 spiro atoms. The van der Waals surface area contributed by atoms with E-state index in [-0.39, 0.29) is 24.7 Å². The van der Waals surface area contributed by atoms with Gasteiger partial charge in [-0.15, -0.1) is 0 Å². The number of amides is 2. The van der Waals surface area contributed by atoms with E-state index in [1.54, 1.807) is 0 Å². The Morgan fingerprint density at radius 2 is 2.10 bits per heavy atom. The maximum absolute atomic E-state index is 12.7. The monoisotopic (exact) mass is 324 g/mol. The predicted octanol–water partition coefficient (Wildman–Crippen LogP) is 1.05. The Kier molecular flexibility index (Phi) is 4.13. The number of carbonyl (C=O) groups excluding carboxylic acids is 2. The SMILES string of the molecule is Cn1nc(C(F)(F)F)c(Cl)c1C(=O)N1CCCNC(=O)C1. The van der Waals surface area contributed by atoms with Gasteiger partial charge in [0.1, 0.15) is 10.7 Å². The first-order chi connectivity index (χ1) is 9.71. The molecule has 116 valence electrons. The second-order valence-corrected chi connectivity index (χ2v) is 4.94. The topological polar surface area (TPSA) is 67.2 Å². The largest absolute Gasteiger partial charge is 0.436 e. The highest BCUT2D eigenvalue weighted by atomic mass is 35.5.